The Labute approximate surface area is 238 Å². The first-order chi connectivity index (χ1) is 19.9. The number of aromatic amines is 1. The number of aliphatic hydroxyl groups excluding tert-OH is 1. The molecule has 0 saturated heterocycles. The lowest BCUT2D eigenvalue weighted by Gasteiger charge is -2.30. The molecular weight excluding hydrogens is 536 g/mol. The minimum absolute atomic E-state index is 0.00313. The zero-order valence-corrected chi connectivity index (χ0v) is 23.5. The van der Waals surface area contributed by atoms with Gasteiger partial charge >= 0.3 is 0 Å². The number of fused-ring (bicyclic) bond motifs is 1. The molecule has 12 heteroatoms. The first-order valence-electron chi connectivity index (χ1n) is 14.2. The third-order valence-corrected chi connectivity index (χ3v) is 7.37. The van der Waals surface area contributed by atoms with E-state index < -0.39 is 11.6 Å². The molecule has 224 valence electrons. The van der Waals surface area contributed by atoms with E-state index in [2.05, 4.69) is 19.9 Å². The number of ether oxygens (including phenoxy) is 3. The molecule has 1 fully saturated rings. The van der Waals surface area contributed by atoms with Crippen LogP contribution in [0.5, 0.6) is 0 Å². The summed E-state index contributed by atoms with van der Waals surface area (Å²) < 4.78 is 44.6. The van der Waals surface area contributed by atoms with Crippen molar-refractivity contribution in [2.75, 3.05) is 59.8 Å². The summed E-state index contributed by atoms with van der Waals surface area (Å²) in [7, 11) is 1.78. The second kappa shape index (κ2) is 15.8. The number of nitrogens with zero attached hydrogens (tertiary/aromatic N) is 4. The summed E-state index contributed by atoms with van der Waals surface area (Å²) in [5.74, 6) is -0.0838. The Morgan fingerprint density at radius 2 is 1.78 bits per heavy atom. The highest BCUT2D eigenvalue weighted by molar-refractivity contribution is 5.91. The largest absolute Gasteiger partial charge is 0.394 e. The molecule has 3 aromatic heterocycles. The summed E-state index contributed by atoms with van der Waals surface area (Å²) in [5, 5.41) is 9.19. The fourth-order valence-electron chi connectivity index (χ4n) is 5.22. The Morgan fingerprint density at radius 1 is 1.05 bits per heavy atom. The maximum atomic E-state index is 14.7. The van der Waals surface area contributed by atoms with E-state index in [0.29, 0.717) is 87.1 Å². The van der Waals surface area contributed by atoms with Crippen molar-refractivity contribution < 1.29 is 32.9 Å². The first kappa shape index (κ1) is 30.9. The average Bonchev–Trinajstić information content (AvgIpc) is 3.38. The van der Waals surface area contributed by atoms with Crippen molar-refractivity contribution in [3.05, 3.63) is 42.0 Å². The van der Waals surface area contributed by atoms with E-state index in [4.69, 9.17) is 19.3 Å². The van der Waals surface area contributed by atoms with Crippen molar-refractivity contribution >= 4 is 16.9 Å². The van der Waals surface area contributed by atoms with Gasteiger partial charge in [0.25, 0.3) is 0 Å². The molecule has 10 nitrogen and oxygen atoms in total. The van der Waals surface area contributed by atoms with Gasteiger partial charge < -0.3 is 29.2 Å². The first-order valence-corrected chi connectivity index (χ1v) is 14.2. The monoisotopic (exact) mass is 575 g/mol. The summed E-state index contributed by atoms with van der Waals surface area (Å²) in [6, 6.07) is 1.36. The number of aliphatic hydroxyl groups is 1. The number of carbonyl (C=O) groups excluding carboxylic acids is 1. The second-order valence-electron chi connectivity index (χ2n) is 10.4. The van der Waals surface area contributed by atoms with E-state index >= 15 is 0 Å². The van der Waals surface area contributed by atoms with Crippen LogP contribution in [-0.2, 0) is 25.4 Å². The molecule has 0 aromatic carbocycles. The van der Waals surface area contributed by atoms with E-state index in [1.54, 1.807) is 18.1 Å². The third kappa shape index (κ3) is 9.22. The fourth-order valence-corrected chi connectivity index (χ4v) is 5.22. The lowest BCUT2D eigenvalue weighted by atomic mass is 9.77. The lowest BCUT2D eigenvalue weighted by molar-refractivity contribution is -0.132. The minimum Gasteiger partial charge on any atom is -0.394 e. The van der Waals surface area contributed by atoms with Crippen molar-refractivity contribution in [2.45, 2.75) is 38.5 Å². The zero-order chi connectivity index (χ0) is 29.0. The van der Waals surface area contributed by atoms with Crippen LogP contribution in [0.4, 0.5) is 8.78 Å². The molecule has 2 N–H and O–H groups in total. The number of rotatable bonds is 16. The number of halogens is 2. The van der Waals surface area contributed by atoms with Gasteiger partial charge in [0.05, 0.1) is 64.3 Å². The van der Waals surface area contributed by atoms with E-state index in [9.17, 15) is 13.6 Å². The van der Waals surface area contributed by atoms with Crippen LogP contribution >= 0.6 is 0 Å². The van der Waals surface area contributed by atoms with Gasteiger partial charge in [-0.25, -0.2) is 23.7 Å². The average molecular weight is 576 g/mol. The summed E-state index contributed by atoms with van der Waals surface area (Å²) in [4.78, 5) is 30.2. The van der Waals surface area contributed by atoms with Crippen LogP contribution in [0.15, 0.2) is 24.7 Å². The van der Waals surface area contributed by atoms with Crippen LogP contribution in [0.1, 0.15) is 37.8 Å². The highest BCUT2D eigenvalue weighted by Crippen LogP contribution is 2.34. The number of hydrogen-bond acceptors (Lipinski definition) is 8. The molecule has 0 aliphatic heterocycles. The highest BCUT2D eigenvalue weighted by atomic mass is 19.1. The van der Waals surface area contributed by atoms with Crippen molar-refractivity contribution in [1.82, 2.24) is 24.8 Å². The Balaban J connectivity index is 1.21. The fraction of sp³-hybridized carbons (Fsp3) is 0.586. The molecular formula is C29H39F2N5O5. The lowest BCUT2D eigenvalue weighted by Crippen LogP contribution is -2.33. The van der Waals surface area contributed by atoms with Crippen molar-refractivity contribution in [2.24, 2.45) is 11.8 Å². The standard InChI is InChI=1S/C29H39F2N5O5/c1-36(5-7-39-9-11-41-12-10-40-8-6-37)27(38)15-21-4-2-3-20(13-21)14-26-25(31)19-34-29(35-26)24-18-33-28-23(24)16-22(30)17-32-28/h16-21,37H,2-15H2,1H3,(H,32,33)/t20-,21+/m0/s1. The predicted octanol–water partition coefficient (Wildman–Crippen LogP) is 3.54. The van der Waals surface area contributed by atoms with Gasteiger partial charge in [0.1, 0.15) is 11.5 Å². The van der Waals surface area contributed by atoms with Gasteiger partial charge in [-0.15, -0.1) is 0 Å². The Hall–Kier alpha value is -3.06. The molecule has 0 bridgehead atoms. The van der Waals surface area contributed by atoms with Crippen LogP contribution < -0.4 is 0 Å². The topological polar surface area (TPSA) is 123 Å². The van der Waals surface area contributed by atoms with Crippen LogP contribution in [0, 0.1) is 23.5 Å². The van der Waals surface area contributed by atoms with Crippen LogP contribution in [-0.4, -0.2) is 95.7 Å². The number of hydrogen-bond donors (Lipinski definition) is 2. The van der Waals surface area contributed by atoms with Gasteiger partial charge in [0, 0.05) is 37.2 Å². The quantitative estimate of drug-likeness (QED) is 0.249. The van der Waals surface area contributed by atoms with Crippen molar-refractivity contribution in [3.8, 4) is 11.4 Å². The molecule has 0 spiro atoms. The van der Waals surface area contributed by atoms with E-state index in [1.807, 2.05) is 0 Å². The molecule has 2 atom stereocenters. The number of pyridine rings is 1. The molecule has 1 saturated carbocycles. The molecule has 41 heavy (non-hydrogen) atoms. The maximum Gasteiger partial charge on any atom is 0.222 e. The molecule has 3 aromatic rings. The van der Waals surface area contributed by atoms with Gasteiger partial charge in [-0.1, -0.05) is 12.8 Å². The number of nitrogens with one attached hydrogen (secondary N) is 1. The van der Waals surface area contributed by atoms with E-state index in [-0.39, 0.29) is 24.3 Å². The zero-order valence-electron chi connectivity index (χ0n) is 23.5. The SMILES string of the molecule is CN(CCOCCOCCOCCO)C(=O)C[C@@H]1CCC[C@H](Cc2nc(-c3c[nH]c4ncc(F)cc34)ncc2F)C1. The van der Waals surface area contributed by atoms with Crippen molar-refractivity contribution in [1.29, 1.82) is 0 Å². The number of likely N-dealkylation sites (N-methyl/N-ethyl adjacent to an activating group) is 1. The Kier molecular flexibility index (Phi) is 11.9. The Morgan fingerprint density at radius 3 is 2.56 bits per heavy atom. The normalized spacial score (nSPS) is 17.3. The highest BCUT2D eigenvalue weighted by Gasteiger charge is 2.27. The van der Waals surface area contributed by atoms with Gasteiger partial charge in [0.2, 0.25) is 5.91 Å². The van der Waals surface area contributed by atoms with Crippen LogP contribution in [0.25, 0.3) is 22.4 Å². The minimum atomic E-state index is -0.468. The van der Waals surface area contributed by atoms with Gasteiger partial charge in [-0.2, -0.15) is 0 Å². The summed E-state index contributed by atoms with van der Waals surface area (Å²) in [6.45, 7) is 2.97. The summed E-state index contributed by atoms with van der Waals surface area (Å²) in [6.07, 6.45) is 8.60. The molecule has 4 rings (SSSR count). The number of amides is 1. The van der Waals surface area contributed by atoms with E-state index in [1.165, 1.54) is 12.3 Å². The number of aromatic nitrogens is 4. The maximum absolute atomic E-state index is 14.7. The van der Waals surface area contributed by atoms with Gasteiger partial charge in [-0.05, 0) is 37.2 Å². The van der Waals surface area contributed by atoms with Gasteiger partial charge in [0.15, 0.2) is 11.6 Å². The molecule has 1 aliphatic rings. The second-order valence-corrected chi connectivity index (χ2v) is 10.4. The summed E-state index contributed by atoms with van der Waals surface area (Å²) in [5.41, 5.74) is 1.42. The molecule has 3 heterocycles. The smallest absolute Gasteiger partial charge is 0.222 e. The summed E-state index contributed by atoms with van der Waals surface area (Å²) >= 11 is 0. The van der Waals surface area contributed by atoms with Gasteiger partial charge in [-0.3, -0.25) is 4.79 Å². The Bertz CT molecular complexity index is 1260. The molecule has 1 amide bonds. The predicted molar refractivity (Wildman–Crippen MR) is 148 cm³/mol. The molecule has 1 aliphatic carbocycles. The van der Waals surface area contributed by atoms with Crippen LogP contribution in [0.3, 0.4) is 0 Å². The van der Waals surface area contributed by atoms with Crippen LogP contribution in [0.2, 0.25) is 0 Å². The molecule has 0 radical (unpaired) electrons. The number of H-pyrrole nitrogens is 1. The third-order valence-electron chi connectivity index (χ3n) is 7.37. The van der Waals surface area contributed by atoms with E-state index in [0.717, 1.165) is 31.9 Å². The molecule has 0 unspecified atom stereocenters. The number of carbonyl (C=O) groups is 1. The van der Waals surface area contributed by atoms with Crippen molar-refractivity contribution in [3.63, 3.8) is 0 Å².